The fourth-order valence-corrected chi connectivity index (χ4v) is 2.49. The third-order valence-electron chi connectivity index (χ3n) is 2.12. The Morgan fingerprint density at radius 1 is 1.28 bits per heavy atom. The normalized spacial score (nSPS) is 10.3. The van der Waals surface area contributed by atoms with Crippen molar-refractivity contribution in [3.05, 3.63) is 54.7 Å². The molecule has 0 saturated heterocycles. The van der Waals surface area contributed by atoms with Crippen LogP contribution in [0.5, 0.6) is 5.75 Å². The molecular weight excluding hydrogens is 297 g/mol. The van der Waals surface area contributed by atoms with Crippen molar-refractivity contribution in [3.63, 3.8) is 0 Å². The standard InChI is InChI=1S/C11H7Cl2NO3S/c12-9-3-1-7(5-10(9)14(15)16)17-6-8-2-4-11(13)18-8/h1-5H,6H2. The van der Waals surface area contributed by atoms with E-state index in [0.29, 0.717) is 16.7 Å². The number of thiophene rings is 1. The number of halogens is 2. The molecule has 1 aromatic heterocycles. The van der Waals surface area contributed by atoms with Crippen molar-refractivity contribution >= 4 is 40.2 Å². The highest BCUT2D eigenvalue weighted by Crippen LogP contribution is 2.29. The zero-order valence-corrected chi connectivity index (χ0v) is 11.3. The molecule has 0 N–H and O–H groups in total. The highest BCUT2D eigenvalue weighted by atomic mass is 35.5. The lowest BCUT2D eigenvalue weighted by Gasteiger charge is -2.04. The van der Waals surface area contributed by atoms with Gasteiger partial charge < -0.3 is 4.74 Å². The van der Waals surface area contributed by atoms with Crippen LogP contribution >= 0.6 is 34.5 Å². The first-order valence-corrected chi connectivity index (χ1v) is 6.44. The van der Waals surface area contributed by atoms with Gasteiger partial charge in [-0.2, -0.15) is 0 Å². The molecule has 0 aliphatic heterocycles. The van der Waals surface area contributed by atoms with E-state index in [4.69, 9.17) is 27.9 Å². The first-order chi connectivity index (χ1) is 8.56. The summed E-state index contributed by atoms with van der Waals surface area (Å²) in [6, 6.07) is 7.95. The molecule has 0 spiro atoms. The first-order valence-electron chi connectivity index (χ1n) is 4.87. The Kier molecular flexibility index (Phi) is 4.06. The summed E-state index contributed by atoms with van der Waals surface area (Å²) in [5, 5.41) is 10.8. The quantitative estimate of drug-likeness (QED) is 0.615. The molecule has 2 aromatic rings. The highest BCUT2D eigenvalue weighted by molar-refractivity contribution is 7.16. The summed E-state index contributed by atoms with van der Waals surface area (Å²) in [6.45, 7) is 0.316. The summed E-state index contributed by atoms with van der Waals surface area (Å²) in [6.07, 6.45) is 0. The van der Waals surface area contributed by atoms with Crippen molar-refractivity contribution in [2.45, 2.75) is 6.61 Å². The third-order valence-corrected chi connectivity index (χ3v) is 3.65. The summed E-state index contributed by atoms with van der Waals surface area (Å²) in [5.41, 5.74) is -0.168. The molecule has 18 heavy (non-hydrogen) atoms. The van der Waals surface area contributed by atoms with Crippen LogP contribution in [0, 0.1) is 10.1 Å². The first kappa shape index (κ1) is 13.1. The fraction of sp³-hybridized carbons (Fsp3) is 0.0909. The topological polar surface area (TPSA) is 52.4 Å². The van der Waals surface area contributed by atoms with Gasteiger partial charge >= 0.3 is 0 Å². The maximum atomic E-state index is 10.7. The average molecular weight is 304 g/mol. The third kappa shape index (κ3) is 3.13. The minimum atomic E-state index is -0.544. The van der Waals surface area contributed by atoms with Gasteiger partial charge in [0.1, 0.15) is 17.4 Å². The number of benzene rings is 1. The van der Waals surface area contributed by atoms with Crippen LogP contribution in [0.4, 0.5) is 5.69 Å². The molecule has 0 aliphatic rings. The number of rotatable bonds is 4. The molecule has 0 unspecified atom stereocenters. The highest BCUT2D eigenvalue weighted by Gasteiger charge is 2.13. The second-order valence-electron chi connectivity index (χ2n) is 3.36. The van der Waals surface area contributed by atoms with E-state index < -0.39 is 4.92 Å². The van der Waals surface area contributed by atoms with Gasteiger partial charge in [-0.05, 0) is 24.3 Å². The van der Waals surface area contributed by atoms with E-state index in [1.807, 2.05) is 6.07 Å². The van der Waals surface area contributed by atoms with Crippen molar-refractivity contribution in [3.8, 4) is 5.75 Å². The van der Waals surface area contributed by atoms with Crippen LogP contribution in [-0.2, 0) is 6.61 Å². The number of nitro benzene ring substituents is 1. The van der Waals surface area contributed by atoms with Crippen LogP contribution in [0.25, 0.3) is 0 Å². The van der Waals surface area contributed by atoms with E-state index in [1.54, 1.807) is 12.1 Å². The van der Waals surface area contributed by atoms with Gasteiger partial charge in [0.2, 0.25) is 0 Å². The van der Waals surface area contributed by atoms with Gasteiger partial charge in [0.25, 0.3) is 5.69 Å². The lowest BCUT2D eigenvalue weighted by Crippen LogP contribution is -1.95. The van der Waals surface area contributed by atoms with Crippen LogP contribution in [0.1, 0.15) is 4.88 Å². The van der Waals surface area contributed by atoms with E-state index >= 15 is 0 Å². The summed E-state index contributed by atoms with van der Waals surface area (Å²) in [7, 11) is 0. The molecule has 0 atom stereocenters. The minimum Gasteiger partial charge on any atom is -0.488 e. The second kappa shape index (κ2) is 5.56. The summed E-state index contributed by atoms with van der Waals surface area (Å²) in [4.78, 5) is 11.1. The predicted octanol–water partition coefficient (Wildman–Crippen LogP) is 4.54. The van der Waals surface area contributed by atoms with Gasteiger partial charge in [0.15, 0.2) is 0 Å². The Morgan fingerprint density at radius 3 is 2.67 bits per heavy atom. The SMILES string of the molecule is O=[N+]([O-])c1cc(OCc2ccc(Cl)s2)ccc1Cl. The molecule has 0 aliphatic carbocycles. The Hall–Kier alpha value is -1.30. The van der Waals surface area contributed by atoms with Gasteiger partial charge in [-0.1, -0.05) is 23.2 Å². The lowest BCUT2D eigenvalue weighted by atomic mass is 10.3. The van der Waals surface area contributed by atoms with Gasteiger partial charge in [-0.15, -0.1) is 11.3 Å². The zero-order chi connectivity index (χ0) is 13.1. The number of hydrogen-bond donors (Lipinski definition) is 0. The van der Waals surface area contributed by atoms with E-state index in [2.05, 4.69) is 0 Å². The molecule has 2 rings (SSSR count). The molecule has 4 nitrogen and oxygen atoms in total. The minimum absolute atomic E-state index is 0.0894. The molecule has 0 amide bonds. The Morgan fingerprint density at radius 2 is 2.06 bits per heavy atom. The smallest absolute Gasteiger partial charge is 0.291 e. The van der Waals surface area contributed by atoms with Crippen LogP contribution in [-0.4, -0.2) is 4.92 Å². The molecule has 1 aromatic carbocycles. The van der Waals surface area contributed by atoms with Gasteiger partial charge in [0.05, 0.1) is 15.3 Å². The second-order valence-corrected chi connectivity index (χ2v) is 5.57. The van der Waals surface area contributed by atoms with Crippen LogP contribution < -0.4 is 4.74 Å². The van der Waals surface area contributed by atoms with E-state index in [1.165, 1.54) is 23.5 Å². The molecule has 0 fully saturated rings. The summed E-state index contributed by atoms with van der Waals surface area (Å²) in [5.74, 6) is 0.399. The molecule has 0 bridgehead atoms. The van der Waals surface area contributed by atoms with Crippen LogP contribution in [0.15, 0.2) is 30.3 Å². The van der Waals surface area contributed by atoms with Crippen LogP contribution in [0.3, 0.4) is 0 Å². The predicted molar refractivity (Wildman–Crippen MR) is 71.8 cm³/mol. The maximum absolute atomic E-state index is 10.7. The van der Waals surface area contributed by atoms with E-state index in [0.717, 1.165) is 4.88 Å². The van der Waals surface area contributed by atoms with E-state index in [-0.39, 0.29) is 10.7 Å². The van der Waals surface area contributed by atoms with E-state index in [9.17, 15) is 10.1 Å². The summed E-state index contributed by atoms with van der Waals surface area (Å²) < 4.78 is 6.12. The molecule has 7 heteroatoms. The number of hydrogen-bond acceptors (Lipinski definition) is 4. The molecule has 0 radical (unpaired) electrons. The number of nitro groups is 1. The monoisotopic (exact) mass is 303 g/mol. The Labute approximate surface area is 117 Å². The lowest BCUT2D eigenvalue weighted by molar-refractivity contribution is -0.384. The van der Waals surface area contributed by atoms with Crippen molar-refractivity contribution in [1.29, 1.82) is 0 Å². The Bertz CT molecular complexity index is 585. The van der Waals surface area contributed by atoms with Gasteiger partial charge in [-0.3, -0.25) is 10.1 Å². The molecular formula is C11H7Cl2NO3S. The Balaban J connectivity index is 2.10. The number of ether oxygens (including phenoxy) is 1. The summed E-state index contributed by atoms with van der Waals surface area (Å²) >= 11 is 12.9. The molecule has 0 saturated carbocycles. The largest absolute Gasteiger partial charge is 0.488 e. The van der Waals surface area contributed by atoms with Crippen molar-refractivity contribution in [2.75, 3.05) is 0 Å². The molecule has 94 valence electrons. The zero-order valence-electron chi connectivity index (χ0n) is 8.93. The van der Waals surface area contributed by atoms with Gasteiger partial charge in [-0.25, -0.2) is 0 Å². The van der Waals surface area contributed by atoms with Crippen molar-refractivity contribution in [1.82, 2.24) is 0 Å². The molecule has 1 heterocycles. The number of nitrogens with zero attached hydrogens (tertiary/aromatic N) is 1. The maximum Gasteiger partial charge on any atom is 0.291 e. The fourth-order valence-electron chi connectivity index (χ4n) is 1.31. The van der Waals surface area contributed by atoms with Crippen molar-refractivity contribution < 1.29 is 9.66 Å². The van der Waals surface area contributed by atoms with Gasteiger partial charge in [0, 0.05) is 4.88 Å². The average Bonchev–Trinajstić information content (AvgIpc) is 2.74. The van der Waals surface area contributed by atoms with Crippen LogP contribution in [0.2, 0.25) is 9.36 Å². The van der Waals surface area contributed by atoms with Crippen molar-refractivity contribution in [2.24, 2.45) is 0 Å².